The fourth-order valence-corrected chi connectivity index (χ4v) is 3.41. The zero-order chi connectivity index (χ0) is 28.3. The highest BCUT2D eigenvalue weighted by Gasteiger charge is 2.30. The molecule has 13 heteroatoms. The van der Waals surface area contributed by atoms with Crippen LogP contribution in [-0.2, 0) is 9.59 Å². The molecule has 0 bridgehead atoms. The molecule has 2 heterocycles. The number of nitrogens with zero attached hydrogens (tertiary/aromatic N) is 4. The van der Waals surface area contributed by atoms with Gasteiger partial charge in [-0.25, -0.2) is 0 Å². The van der Waals surface area contributed by atoms with Gasteiger partial charge < -0.3 is 30.5 Å². The third kappa shape index (κ3) is 5.40. The first-order valence-corrected chi connectivity index (χ1v) is 11.0. The number of nitrogens with one attached hydrogen (secondary N) is 4. The molecule has 1 aromatic carbocycles. The first kappa shape index (κ1) is 20.8. The van der Waals surface area contributed by atoms with E-state index in [-0.39, 0.29) is 52.4 Å². The van der Waals surface area contributed by atoms with E-state index in [1.54, 1.807) is 25.1 Å². The predicted molar refractivity (Wildman–Crippen MR) is 129 cm³/mol. The number of rotatable bonds is 9. The number of carbonyl (C=O) groups excluding carboxylic acids is 3. The third-order valence-corrected chi connectivity index (χ3v) is 5.29. The molecule has 0 unspecified atom stereocenters. The van der Waals surface area contributed by atoms with E-state index in [1.165, 1.54) is 20.1 Å². The standard InChI is InChI=1S/C23H26N8O5/c1-11(25-12(2)32)20-28-23(36-31-20)14-6-5-7-15(19(14)35-4)26-16-10-17(27-21(33)13-8-9-13)29-30-18(16)22(34)24-3/h5-7,10-11,13H,8-9H2,1-4H3,(H,24,34)(H,25,32)(H2,26,27,29,33)/t11-/m0/s1/i3D3. The molecule has 1 atom stereocenters. The van der Waals surface area contributed by atoms with Crippen LogP contribution >= 0.6 is 0 Å². The molecule has 4 N–H and O–H groups in total. The fourth-order valence-electron chi connectivity index (χ4n) is 3.41. The number of amides is 3. The Hall–Kier alpha value is -4.55. The number of carbonyl (C=O) groups is 3. The molecule has 1 fully saturated rings. The highest BCUT2D eigenvalue weighted by atomic mass is 16.5. The van der Waals surface area contributed by atoms with Gasteiger partial charge >= 0.3 is 0 Å². The van der Waals surface area contributed by atoms with Crippen molar-refractivity contribution in [2.75, 3.05) is 24.7 Å². The highest BCUT2D eigenvalue weighted by Crippen LogP contribution is 2.38. The fraction of sp³-hybridized carbons (Fsp3) is 0.348. The average molecular weight is 498 g/mol. The molecule has 188 valence electrons. The Morgan fingerprint density at radius 1 is 1.22 bits per heavy atom. The van der Waals surface area contributed by atoms with Gasteiger partial charge in [0.2, 0.25) is 11.8 Å². The van der Waals surface area contributed by atoms with Crippen molar-refractivity contribution in [1.82, 2.24) is 31.0 Å². The second-order valence-electron chi connectivity index (χ2n) is 8.10. The quantitative estimate of drug-likeness (QED) is 0.343. The van der Waals surface area contributed by atoms with E-state index < -0.39 is 18.9 Å². The summed E-state index contributed by atoms with van der Waals surface area (Å²) in [7, 11) is 1.41. The van der Waals surface area contributed by atoms with E-state index >= 15 is 0 Å². The smallest absolute Gasteiger partial charge is 0.273 e. The van der Waals surface area contributed by atoms with Gasteiger partial charge in [0, 0.05) is 30.0 Å². The summed E-state index contributed by atoms with van der Waals surface area (Å²) in [6, 6.07) is 5.83. The number of hydrogen-bond acceptors (Lipinski definition) is 10. The molecule has 1 saturated carbocycles. The third-order valence-electron chi connectivity index (χ3n) is 5.29. The Labute approximate surface area is 210 Å². The van der Waals surface area contributed by atoms with Crippen molar-refractivity contribution in [3.8, 4) is 17.2 Å². The molecule has 0 saturated heterocycles. The lowest BCUT2D eigenvalue weighted by Crippen LogP contribution is -2.24. The van der Waals surface area contributed by atoms with E-state index in [0.29, 0.717) is 11.3 Å². The summed E-state index contributed by atoms with van der Waals surface area (Å²) >= 11 is 0. The number of benzene rings is 1. The Bertz CT molecular complexity index is 1410. The van der Waals surface area contributed by atoms with Crippen LogP contribution in [0.15, 0.2) is 28.8 Å². The maximum Gasteiger partial charge on any atom is 0.273 e. The predicted octanol–water partition coefficient (Wildman–Crippen LogP) is 2.18. The molecule has 0 aliphatic heterocycles. The summed E-state index contributed by atoms with van der Waals surface area (Å²) in [5.41, 5.74) is 0.458. The summed E-state index contributed by atoms with van der Waals surface area (Å²) in [6.07, 6.45) is 1.54. The highest BCUT2D eigenvalue weighted by molar-refractivity contribution is 6.00. The molecule has 1 aliphatic carbocycles. The van der Waals surface area contributed by atoms with Crippen molar-refractivity contribution in [1.29, 1.82) is 0 Å². The molecule has 13 nitrogen and oxygen atoms in total. The number of methoxy groups -OCH3 is 1. The zero-order valence-corrected chi connectivity index (χ0v) is 19.7. The van der Waals surface area contributed by atoms with Gasteiger partial charge in [-0.1, -0.05) is 11.2 Å². The van der Waals surface area contributed by atoms with Crippen LogP contribution in [0.1, 0.15) is 53.2 Å². The SMILES string of the molecule is [2H]C([2H])([2H])NC(=O)c1nnc(NC(=O)C2CC2)cc1Nc1cccc(-c2nc([C@H](C)NC(C)=O)no2)c1OC. The number of aromatic nitrogens is 4. The van der Waals surface area contributed by atoms with Crippen molar-refractivity contribution >= 4 is 34.9 Å². The van der Waals surface area contributed by atoms with Crippen LogP contribution < -0.4 is 26.0 Å². The average Bonchev–Trinajstić information content (AvgIpc) is 3.59. The molecular formula is C23H26N8O5. The number of hydrogen-bond donors (Lipinski definition) is 4. The van der Waals surface area contributed by atoms with Crippen LogP contribution in [-0.4, -0.2) is 52.1 Å². The van der Waals surface area contributed by atoms with Crippen LogP contribution in [0.3, 0.4) is 0 Å². The van der Waals surface area contributed by atoms with Crippen molar-refractivity contribution in [2.45, 2.75) is 32.7 Å². The molecule has 36 heavy (non-hydrogen) atoms. The lowest BCUT2D eigenvalue weighted by molar-refractivity contribution is -0.119. The number of ether oxygens (including phenoxy) is 1. The van der Waals surface area contributed by atoms with Gasteiger partial charge in [-0.3, -0.25) is 14.4 Å². The summed E-state index contributed by atoms with van der Waals surface area (Å²) in [4.78, 5) is 40.7. The molecule has 4 rings (SSSR count). The lowest BCUT2D eigenvalue weighted by Gasteiger charge is -2.16. The summed E-state index contributed by atoms with van der Waals surface area (Å²) in [5.74, 6) is -0.914. The summed E-state index contributed by atoms with van der Waals surface area (Å²) in [6.45, 7) is 0.308. The van der Waals surface area contributed by atoms with E-state index in [0.717, 1.165) is 12.8 Å². The second kappa shape index (κ2) is 10.4. The minimum Gasteiger partial charge on any atom is -0.494 e. The Morgan fingerprint density at radius 2 is 2.03 bits per heavy atom. The van der Waals surface area contributed by atoms with Crippen molar-refractivity contribution in [2.24, 2.45) is 5.92 Å². The zero-order valence-electron chi connectivity index (χ0n) is 22.7. The lowest BCUT2D eigenvalue weighted by atomic mass is 10.1. The number of para-hydroxylation sites is 1. The molecule has 3 amide bonds. The molecule has 2 aromatic heterocycles. The molecule has 3 aromatic rings. The largest absolute Gasteiger partial charge is 0.494 e. The van der Waals surface area contributed by atoms with Gasteiger partial charge in [0.05, 0.1) is 30.1 Å². The Kier molecular flexibility index (Phi) is 5.99. The molecule has 1 aliphatic rings. The molecular weight excluding hydrogens is 468 g/mol. The first-order valence-electron chi connectivity index (χ1n) is 12.5. The van der Waals surface area contributed by atoms with Gasteiger partial charge in [0.1, 0.15) is 0 Å². The Balaban J connectivity index is 1.69. The molecule has 0 radical (unpaired) electrons. The summed E-state index contributed by atoms with van der Waals surface area (Å²) in [5, 5.41) is 21.9. The molecule has 0 spiro atoms. The monoisotopic (exact) mass is 497 g/mol. The van der Waals surface area contributed by atoms with E-state index in [4.69, 9.17) is 13.4 Å². The van der Waals surface area contributed by atoms with Crippen LogP contribution in [0, 0.1) is 5.92 Å². The van der Waals surface area contributed by atoms with Crippen LogP contribution in [0.4, 0.5) is 17.2 Å². The number of anilines is 3. The van der Waals surface area contributed by atoms with Gasteiger partial charge in [-0.15, -0.1) is 10.2 Å². The van der Waals surface area contributed by atoms with E-state index in [9.17, 15) is 14.4 Å². The minimum absolute atomic E-state index is 0.0544. The van der Waals surface area contributed by atoms with E-state index in [1.807, 2.05) is 5.32 Å². The van der Waals surface area contributed by atoms with Crippen LogP contribution in [0.2, 0.25) is 0 Å². The normalized spacial score (nSPS) is 15.0. The van der Waals surface area contributed by atoms with Crippen molar-refractivity contribution < 1.29 is 27.8 Å². The van der Waals surface area contributed by atoms with Gasteiger partial charge in [-0.05, 0) is 31.9 Å². The van der Waals surface area contributed by atoms with Gasteiger partial charge in [0.25, 0.3) is 11.8 Å². The Morgan fingerprint density at radius 3 is 2.72 bits per heavy atom. The van der Waals surface area contributed by atoms with Gasteiger partial charge in [0.15, 0.2) is 23.1 Å². The van der Waals surface area contributed by atoms with Crippen molar-refractivity contribution in [3.63, 3.8) is 0 Å². The summed E-state index contributed by atoms with van der Waals surface area (Å²) < 4.78 is 33.1. The van der Waals surface area contributed by atoms with Crippen LogP contribution in [0.5, 0.6) is 5.75 Å². The van der Waals surface area contributed by atoms with Gasteiger partial charge in [-0.2, -0.15) is 4.98 Å². The second-order valence-corrected chi connectivity index (χ2v) is 8.10. The van der Waals surface area contributed by atoms with Crippen molar-refractivity contribution in [3.05, 3.63) is 35.8 Å². The van der Waals surface area contributed by atoms with Crippen LogP contribution in [0.25, 0.3) is 11.5 Å². The maximum absolute atomic E-state index is 12.7. The topological polar surface area (TPSA) is 173 Å². The maximum atomic E-state index is 12.7. The minimum atomic E-state index is -2.77. The first-order chi connectivity index (χ1) is 18.4. The van der Waals surface area contributed by atoms with E-state index in [2.05, 4.69) is 36.3 Å².